The SMILES string of the molecule is CCOC(=O)[C@](O)(CBr)[C@@H]1N=C2C[C@@H]3C[C@@H](C3(C)C)[C@@]2(C)OC1=O. The molecule has 1 N–H and O–H groups in total. The van der Waals surface area contributed by atoms with E-state index < -0.39 is 29.2 Å². The normalized spacial score (nSPS) is 38.8. The molecular weight excluding hydrogens is 378 g/mol. The highest BCUT2D eigenvalue weighted by Gasteiger charge is 2.67. The van der Waals surface area contributed by atoms with Gasteiger partial charge < -0.3 is 14.6 Å². The molecule has 0 radical (unpaired) electrons. The van der Waals surface area contributed by atoms with Crippen LogP contribution in [0, 0.1) is 17.3 Å². The summed E-state index contributed by atoms with van der Waals surface area (Å²) in [7, 11) is 0. The van der Waals surface area contributed by atoms with Crippen molar-refractivity contribution < 1.29 is 24.2 Å². The number of esters is 2. The van der Waals surface area contributed by atoms with Gasteiger partial charge in [0.2, 0.25) is 5.60 Å². The Morgan fingerprint density at radius 3 is 2.71 bits per heavy atom. The van der Waals surface area contributed by atoms with Crippen molar-refractivity contribution in [1.29, 1.82) is 0 Å². The molecule has 3 fully saturated rings. The number of carbonyl (C=O) groups excluding carboxylic acids is 2. The molecule has 134 valence electrons. The highest BCUT2D eigenvalue weighted by molar-refractivity contribution is 9.09. The Morgan fingerprint density at radius 1 is 1.50 bits per heavy atom. The number of ether oxygens (including phenoxy) is 2. The minimum Gasteiger partial charge on any atom is -0.464 e. The Bertz CT molecular complexity index is 618. The summed E-state index contributed by atoms with van der Waals surface area (Å²) in [5, 5.41) is 10.6. The van der Waals surface area contributed by atoms with Crippen molar-refractivity contribution in [2.75, 3.05) is 11.9 Å². The van der Waals surface area contributed by atoms with Gasteiger partial charge in [-0.2, -0.15) is 0 Å². The van der Waals surface area contributed by atoms with Crippen molar-refractivity contribution in [3.8, 4) is 0 Å². The topological polar surface area (TPSA) is 85.2 Å². The van der Waals surface area contributed by atoms with Gasteiger partial charge >= 0.3 is 11.9 Å². The molecule has 1 aliphatic heterocycles. The Morgan fingerprint density at radius 2 is 2.17 bits per heavy atom. The van der Waals surface area contributed by atoms with E-state index in [4.69, 9.17) is 9.47 Å². The third kappa shape index (κ3) is 2.20. The van der Waals surface area contributed by atoms with Gasteiger partial charge in [0.25, 0.3) is 0 Å². The van der Waals surface area contributed by atoms with Gasteiger partial charge in [-0.15, -0.1) is 0 Å². The molecule has 0 saturated heterocycles. The molecule has 3 aliphatic carbocycles. The van der Waals surface area contributed by atoms with Crippen molar-refractivity contribution in [3.63, 3.8) is 0 Å². The molecule has 4 rings (SSSR count). The maximum atomic E-state index is 12.6. The van der Waals surface area contributed by atoms with Crippen LogP contribution in [0.15, 0.2) is 4.99 Å². The predicted molar refractivity (Wildman–Crippen MR) is 91.1 cm³/mol. The minimum absolute atomic E-state index is 0.105. The summed E-state index contributed by atoms with van der Waals surface area (Å²) in [6, 6.07) is -1.29. The average Bonchev–Trinajstić information content (AvgIpc) is 2.51. The van der Waals surface area contributed by atoms with Crippen LogP contribution in [0.25, 0.3) is 0 Å². The Kier molecular flexibility index (Phi) is 4.11. The third-order valence-corrected chi connectivity index (χ3v) is 7.11. The number of carbonyl (C=O) groups is 2. The molecule has 0 aromatic carbocycles. The molecule has 0 spiro atoms. The van der Waals surface area contributed by atoms with Gasteiger partial charge in [-0.3, -0.25) is 4.99 Å². The van der Waals surface area contributed by atoms with Gasteiger partial charge in [0.15, 0.2) is 11.6 Å². The fraction of sp³-hybridized carbons (Fsp3) is 0.824. The van der Waals surface area contributed by atoms with Crippen LogP contribution in [0.3, 0.4) is 0 Å². The number of aliphatic imine (C=N–C) groups is 1. The third-order valence-electron chi connectivity index (χ3n) is 6.25. The van der Waals surface area contributed by atoms with Crippen LogP contribution in [0.5, 0.6) is 0 Å². The zero-order chi connectivity index (χ0) is 17.9. The van der Waals surface area contributed by atoms with Crippen LogP contribution in [-0.4, -0.2) is 51.9 Å². The van der Waals surface area contributed by atoms with E-state index in [1.807, 2.05) is 6.92 Å². The van der Waals surface area contributed by atoms with E-state index in [1.54, 1.807) is 6.92 Å². The molecular formula is C17H24BrNO5. The Balaban J connectivity index is 1.97. The van der Waals surface area contributed by atoms with Crippen molar-refractivity contribution in [2.45, 2.75) is 57.8 Å². The maximum absolute atomic E-state index is 12.6. The van der Waals surface area contributed by atoms with Gasteiger partial charge in [0, 0.05) is 11.2 Å². The molecule has 0 aromatic rings. The number of hydrogen-bond acceptors (Lipinski definition) is 6. The first kappa shape index (κ1) is 17.9. The molecule has 4 aliphatic rings. The van der Waals surface area contributed by atoms with E-state index in [0.717, 1.165) is 18.6 Å². The van der Waals surface area contributed by atoms with E-state index in [2.05, 4.69) is 34.8 Å². The highest BCUT2D eigenvalue weighted by atomic mass is 79.9. The lowest BCUT2D eigenvalue weighted by Crippen LogP contribution is -2.70. The molecule has 0 amide bonds. The minimum atomic E-state index is -2.06. The van der Waals surface area contributed by atoms with Gasteiger partial charge in [-0.1, -0.05) is 29.8 Å². The van der Waals surface area contributed by atoms with E-state index in [0.29, 0.717) is 5.92 Å². The number of alkyl halides is 1. The van der Waals surface area contributed by atoms with Gasteiger partial charge in [-0.25, -0.2) is 9.59 Å². The van der Waals surface area contributed by atoms with Crippen LogP contribution in [0.4, 0.5) is 0 Å². The molecule has 5 atom stereocenters. The number of hydrogen-bond donors (Lipinski definition) is 1. The molecule has 2 bridgehead atoms. The summed E-state index contributed by atoms with van der Waals surface area (Å²) in [4.78, 5) is 29.3. The maximum Gasteiger partial charge on any atom is 0.341 e. The fourth-order valence-electron chi connectivity index (χ4n) is 4.52. The monoisotopic (exact) mass is 401 g/mol. The second-order valence-corrected chi connectivity index (χ2v) is 8.36. The summed E-state index contributed by atoms with van der Waals surface area (Å²) in [6.45, 7) is 8.05. The van der Waals surface area contributed by atoms with E-state index in [9.17, 15) is 14.7 Å². The molecule has 7 heteroatoms. The first-order valence-electron chi connectivity index (χ1n) is 8.36. The lowest BCUT2D eigenvalue weighted by atomic mass is 9.43. The smallest absolute Gasteiger partial charge is 0.341 e. The first-order valence-corrected chi connectivity index (χ1v) is 9.49. The van der Waals surface area contributed by atoms with Gasteiger partial charge in [0.1, 0.15) is 0 Å². The van der Waals surface area contributed by atoms with Crippen LogP contribution in [0.1, 0.15) is 40.5 Å². The first-order chi connectivity index (χ1) is 11.1. The van der Waals surface area contributed by atoms with E-state index in [1.165, 1.54) is 0 Å². The number of halogens is 1. The zero-order valence-electron chi connectivity index (χ0n) is 14.5. The summed E-state index contributed by atoms with van der Waals surface area (Å²) >= 11 is 3.12. The molecule has 24 heavy (non-hydrogen) atoms. The summed E-state index contributed by atoms with van der Waals surface area (Å²) in [5.74, 6) is -0.825. The van der Waals surface area contributed by atoms with Crippen LogP contribution in [0.2, 0.25) is 0 Å². The largest absolute Gasteiger partial charge is 0.464 e. The second kappa shape index (κ2) is 5.53. The standard InChI is InChI=1S/C17H24BrNO5/c1-5-23-14(21)17(22,8-18)12-13(20)24-16(4)10-6-9(15(10,2)3)7-11(16)19-12/h9-10,12,22H,5-8H2,1-4H3/t9-,10-,12+,16+,17-/m0/s1. The van der Waals surface area contributed by atoms with Gasteiger partial charge in [-0.05, 0) is 38.0 Å². The summed E-state index contributed by atoms with van der Waals surface area (Å²) in [6.07, 6.45) is 1.74. The summed E-state index contributed by atoms with van der Waals surface area (Å²) < 4.78 is 10.7. The van der Waals surface area contributed by atoms with Crippen molar-refractivity contribution in [1.82, 2.24) is 0 Å². The van der Waals surface area contributed by atoms with Crippen LogP contribution < -0.4 is 0 Å². The Labute approximate surface area is 150 Å². The second-order valence-electron chi connectivity index (χ2n) is 7.80. The predicted octanol–water partition coefficient (Wildman–Crippen LogP) is 1.87. The quantitative estimate of drug-likeness (QED) is 0.573. The number of aliphatic hydroxyl groups is 1. The molecule has 0 aromatic heterocycles. The van der Waals surface area contributed by atoms with Crippen molar-refractivity contribution >= 4 is 33.6 Å². The van der Waals surface area contributed by atoms with Crippen LogP contribution >= 0.6 is 15.9 Å². The molecule has 0 unspecified atom stereocenters. The Hall–Kier alpha value is -0.950. The lowest BCUT2D eigenvalue weighted by Gasteiger charge is -2.64. The molecule has 6 nitrogen and oxygen atoms in total. The number of rotatable bonds is 4. The van der Waals surface area contributed by atoms with Gasteiger partial charge in [0.05, 0.1) is 12.3 Å². The van der Waals surface area contributed by atoms with E-state index in [-0.39, 0.29) is 23.3 Å². The zero-order valence-corrected chi connectivity index (χ0v) is 16.1. The van der Waals surface area contributed by atoms with Crippen molar-refractivity contribution in [3.05, 3.63) is 0 Å². The molecule has 3 saturated carbocycles. The number of nitrogens with zero attached hydrogens (tertiary/aromatic N) is 1. The fourth-order valence-corrected chi connectivity index (χ4v) is 5.05. The van der Waals surface area contributed by atoms with E-state index >= 15 is 0 Å². The lowest BCUT2D eigenvalue weighted by molar-refractivity contribution is -0.197. The highest BCUT2D eigenvalue weighted by Crippen LogP contribution is 2.63. The van der Waals surface area contributed by atoms with Crippen molar-refractivity contribution in [2.24, 2.45) is 22.2 Å². The van der Waals surface area contributed by atoms with Crippen LogP contribution in [-0.2, 0) is 19.1 Å². The average molecular weight is 402 g/mol. The molecule has 1 heterocycles. The summed E-state index contributed by atoms with van der Waals surface area (Å²) in [5.41, 5.74) is -1.92.